The van der Waals surface area contributed by atoms with Crippen LogP contribution in [0.4, 0.5) is 5.69 Å². The Morgan fingerprint density at radius 1 is 1.02 bits per heavy atom. The van der Waals surface area contributed by atoms with Crippen LogP contribution < -0.4 is 4.90 Å². The number of ether oxygens (including phenoxy) is 2. The van der Waals surface area contributed by atoms with E-state index in [0.29, 0.717) is 51.4 Å². The van der Waals surface area contributed by atoms with Crippen molar-refractivity contribution >= 4 is 23.4 Å². The smallest absolute Gasteiger partial charge is 0.248 e. The van der Waals surface area contributed by atoms with E-state index in [1.54, 1.807) is 26.9 Å². The number of nitrogens with zero attached hydrogens (tertiary/aromatic N) is 4. The number of hydrogen-bond donors (Lipinski definition) is 1. The molecule has 7 atom stereocenters. The molecule has 49 heavy (non-hydrogen) atoms. The van der Waals surface area contributed by atoms with E-state index in [2.05, 4.69) is 18.1 Å². The van der Waals surface area contributed by atoms with Crippen molar-refractivity contribution in [3.63, 3.8) is 0 Å². The summed E-state index contributed by atoms with van der Waals surface area (Å²) in [5, 5.41) is 10.9. The standard InChI is InChI=1S/C39H50N4O6/c1-5-17-41(20-19-40-21-23-48-24-22-40)37(47)34-39-26-28(3)38(4,49-39)32(35(45)42(18-6-2)30-15-11-8-12-16-30)33(39)36(46)43(34)31(27-44)25-29-13-9-7-10-14-29/h5-16,28,31-34,44H,1-2,17-27H2,3-4H3/t28?,31-,32+,33+,34?,38-,39?/m1/s1. The molecule has 262 valence electrons. The third-order valence-corrected chi connectivity index (χ3v) is 11.3. The van der Waals surface area contributed by atoms with Gasteiger partial charge in [-0.15, -0.1) is 13.2 Å². The predicted molar refractivity (Wildman–Crippen MR) is 188 cm³/mol. The Kier molecular flexibility index (Phi) is 10.4. The van der Waals surface area contributed by atoms with Gasteiger partial charge in [0.05, 0.1) is 43.3 Å². The number of hydrogen-bond acceptors (Lipinski definition) is 7. The van der Waals surface area contributed by atoms with Crippen molar-refractivity contribution in [2.75, 3.05) is 64.0 Å². The van der Waals surface area contributed by atoms with E-state index in [0.717, 1.165) is 18.7 Å². The molecule has 2 aromatic carbocycles. The lowest BCUT2D eigenvalue weighted by atomic mass is 9.62. The summed E-state index contributed by atoms with van der Waals surface area (Å²) in [6.45, 7) is 16.0. The van der Waals surface area contributed by atoms with Gasteiger partial charge in [-0.2, -0.15) is 0 Å². The molecule has 2 bridgehead atoms. The molecule has 0 saturated carbocycles. The monoisotopic (exact) mass is 670 g/mol. The summed E-state index contributed by atoms with van der Waals surface area (Å²) < 4.78 is 12.6. The highest BCUT2D eigenvalue weighted by Crippen LogP contribution is 2.66. The van der Waals surface area contributed by atoms with Crippen molar-refractivity contribution in [1.29, 1.82) is 0 Å². The van der Waals surface area contributed by atoms with Crippen LogP contribution in [0.25, 0.3) is 0 Å². The van der Waals surface area contributed by atoms with E-state index in [1.807, 2.05) is 74.5 Å². The Hall–Kier alpha value is -3.83. The zero-order chi connectivity index (χ0) is 34.8. The molecule has 4 saturated heterocycles. The molecule has 1 spiro atoms. The first kappa shape index (κ1) is 35.0. The third-order valence-electron chi connectivity index (χ3n) is 11.3. The van der Waals surface area contributed by atoms with Crippen LogP contribution in [0, 0.1) is 17.8 Å². The average molecular weight is 671 g/mol. The summed E-state index contributed by atoms with van der Waals surface area (Å²) >= 11 is 0. The Bertz CT molecular complexity index is 1520. The van der Waals surface area contributed by atoms with Gasteiger partial charge in [-0.25, -0.2) is 0 Å². The number of para-hydroxylation sites is 1. The molecule has 4 aliphatic rings. The Morgan fingerprint density at radius 3 is 2.31 bits per heavy atom. The molecule has 10 nitrogen and oxygen atoms in total. The van der Waals surface area contributed by atoms with Crippen molar-refractivity contribution in [3.05, 3.63) is 91.5 Å². The van der Waals surface area contributed by atoms with Crippen LogP contribution in [-0.4, -0.2) is 120 Å². The fourth-order valence-corrected chi connectivity index (χ4v) is 8.80. The molecule has 1 N–H and O–H groups in total. The number of carbonyl (C=O) groups is 3. The van der Waals surface area contributed by atoms with Gasteiger partial charge in [0, 0.05) is 45.0 Å². The Balaban J connectivity index is 1.42. The van der Waals surface area contributed by atoms with E-state index in [9.17, 15) is 9.90 Å². The van der Waals surface area contributed by atoms with Crippen LogP contribution in [0.3, 0.4) is 0 Å². The first-order valence-electron chi connectivity index (χ1n) is 17.5. The lowest BCUT2D eigenvalue weighted by Crippen LogP contribution is -2.60. The topological polar surface area (TPSA) is 103 Å². The SMILES string of the molecule is C=CCN(CCN1CCOCC1)C(=O)C1N([C@@H](CO)Cc2ccccc2)C(=O)[C@@H]2[C@@H](C(=O)N(CC=C)c3ccccc3)[C@]3(C)OC12CC3C. The molecule has 4 heterocycles. The molecule has 10 heteroatoms. The van der Waals surface area contributed by atoms with E-state index >= 15 is 9.59 Å². The van der Waals surface area contributed by atoms with E-state index in [-0.39, 0.29) is 36.8 Å². The normalized spacial score (nSPS) is 29.8. The molecule has 0 aliphatic carbocycles. The van der Waals surface area contributed by atoms with Gasteiger partial charge in [0.15, 0.2) is 0 Å². The highest BCUT2D eigenvalue weighted by molar-refractivity contribution is 6.03. The minimum absolute atomic E-state index is 0.120. The lowest BCUT2D eigenvalue weighted by molar-refractivity contribution is -0.155. The van der Waals surface area contributed by atoms with Gasteiger partial charge in [-0.3, -0.25) is 19.3 Å². The van der Waals surface area contributed by atoms with Crippen molar-refractivity contribution in [3.8, 4) is 0 Å². The highest BCUT2D eigenvalue weighted by atomic mass is 16.5. The summed E-state index contributed by atoms with van der Waals surface area (Å²) in [6, 6.07) is 17.3. The fraction of sp³-hybridized carbons (Fsp3) is 0.513. The largest absolute Gasteiger partial charge is 0.394 e. The maximum Gasteiger partial charge on any atom is 0.248 e. The molecule has 6 rings (SSSR count). The van der Waals surface area contributed by atoms with Gasteiger partial charge >= 0.3 is 0 Å². The second-order valence-electron chi connectivity index (χ2n) is 14.1. The molecule has 2 aromatic rings. The number of fused-ring (bicyclic) bond motifs is 1. The van der Waals surface area contributed by atoms with Crippen LogP contribution in [-0.2, 0) is 30.3 Å². The third kappa shape index (κ3) is 6.24. The molecule has 0 aromatic heterocycles. The van der Waals surface area contributed by atoms with E-state index in [1.165, 1.54) is 0 Å². The lowest BCUT2D eigenvalue weighted by Gasteiger charge is -2.40. The van der Waals surface area contributed by atoms with Gasteiger partial charge in [-0.05, 0) is 43.4 Å². The number of anilines is 1. The Morgan fingerprint density at radius 2 is 1.67 bits per heavy atom. The molecular weight excluding hydrogens is 620 g/mol. The molecule has 3 unspecified atom stereocenters. The van der Waals surface area contributed by atoms with Crippen LogP contribution in [0.1, 0.15) is 25.8 Å². The van der Waals surface area contributed by atoms with Crippen molar-refractivity contribution < 1.29 is 29.0 Å². The molecular formula is C39H50N4O6. The van der Waals surface area contributed by atoms with Crippen molar-refractivity contribution in [2.45, 2.75) is 50.0 Å². The summed E-state index contributed by atoms with van der Waals surface area (Å²) in [5.74, 6) is -2.66. The predicted octanol–water partition coefficient (Wildman–Crippen LogP) is 3.17. The van der Waals surface area contributed by atoms with Gasteiger partial charge in [0.1, 0.15) is 11.6 Å². The Labute approximate surface area is 289 Å². The highest BCUT2D eigenvalue weighted by Gasteiger charge is 2.80. The minimum Gasteiger partial charge on any atom is -0.394 e. The van der Waals surface area contributed by atoms with Gasteiger partial charge in [0.25, 0.3) is 0 Å². The minimum atomic E-state index is -1.25. The van der Waals surface area contributed by atoms with E-state index < -0.39 is 35.1 Å². The molecule has 4 fully saturated rings. The summed E-state index contributed by atoms with van der Waals surface area (Å²) in [4.78, 5) is 52.3. The maximum atomic E-state index is 15.1. The number of likely N-dealkylation sites (tertiary alicyclic amines) is 1. The number of benzene rings is 2. The van der Waals surface area contributed by atoms with Gasteiger partial charge in [0.2, 0.25) is 17.7 Å². The molecule has 4 aliphatic heterocycles. The number of aliphatic hydroxyl groups is 1. The molecule has 0 radical (unpaired) electrons. The van der Waals surface area contributed by atoms with E-state index in [4.69, 9.17) is 9.47 Å². The summed E-state index contributed by atoms with van der Waals surface area (Å²) in [5.41, 5.74) is -0.596. The number of amides is 3. The van der Waals surface area contributed by atoms with Crippen LogP contribution in [0.2, 0.25) is 0 Å². The number of aliphatic hydroxyl groups excluding tert-OH is 1. The summed E-state index contributed by atoms with van der Waals surface area (Å²) in [6.07, 6.45) is 4.18. The molecule has 3 amide bonds. The first-order valence-corrected chi connectivity index (χ1v) is 17.5. The first-order chi connectivity index (χ1) is 23.7. The zero-order valence-electron chi connectivity index (χ0n) is 28.8. The zero-order valence-corrected chi connectivity index (χ0v) is 28.8. The number of carbonyl (C=O) groups excluding carboxylic acids is 3. The summed E-state index contributed by atoms with van der Waals surface area (Å²) in [7, 11) is 0. The second-order valence-corrected chi connectivity index (χ2v) is 14.1. The second kappa shape index (κ2) is 14.6. The number of rotatable bonds is 14. The van der Waals surface area contributed by atoms with Crippen molar-refractivity contribution in [2.24, 2.45) is 17.8 Å². The average Bonchev–Trinajstić information content (AvgIpc) is 3.64. The van der Waals surface area contributed by atoms with Crippen molar-refractivity contribution in [1.82, 2.24) is 14.7 Å². The van der Waals surface area contributed by atoms with Crippen LogP contribution >= 0.6 is 0 Å². The van der Waals surface area contributed by atoms with Gasteiger partial charge < -0.3 is 29.3 Å². The van der Waals surface area contributed by atoms with Crippen LogP contribution in [0.5, 0.6) is 0 Å². The quantitative estimate of drug-likeness (QED) is 0.308. The number of morpholine rings is 1. The maximum absolute atomic E-state index is 15.1. The van der Waals surface area contributed by atoms with Crippen LogP contribution in [0.15, 0.2) is 86.0 Å². The fourth-order valence-electron chi connectivity index (χ4n) is 8.80. The van der Waals surface area contributed by atoms with Gasteiger partial charge in [-0.1, -0.05) is 67.6 Å².